The number of likely N-dealkylation sites (tertiary alicyclic amines) is 1. The fourth-order valence-corrected chi connectivity index (χ4v) is 2.81. The van der Waals surface area contributed by atoms with Crippen LogP contribution in [-0.4, -0.2) is 36.0 Å². The SMILES string of the molecule is C=CC(=O)N1CCCCC1C1CCCN1. The van der Waals surface area contributed by atoms with E-state index in [4.69, 9.17) is 0 Å². The summed E-state index contributed by atoms with van der Waals surface area (Å²) in [6, 6.07) is 0.931. The number of rotatable bonds is 2. The molecular formula is C12H20N2O. The third kappa shape index (κ3) is 2.23. The maximum absolute atomic E-state index is 11.7. The Bertz CT molecular complexity index is 246. The van der Waals surface area contributed by atoms with Gasteiger partial charge in [0, 0.05) is 18.6 Å². The van der Waals surface area contributed by atoms with E-state index in [1.807, 2.05) is 4.90 Å². The van der Waals surface area contributed by atoms with Gasteiger partial charge < -0.3 is 10.2 Å². The van der Waals surface area contributed by atoms with Crippen LogP contribution in [0.3, 0.4) is 0 Å². The molecule has 2 fully saturated rings. The highest BCUT2D eigenvalue weighted by molar-refractivity contribution is 5.87. The zero-order chi connectivity index (χ0) is 10.7. The van der Waals surface area contributed by atoms with E-state index in [1.54, 1.807) is 0 Å². The summed E-state index contributed by atoms with van der Waals surface area (Å²) in [7, 11) is 0. The molecule has 0 aromatic heterocycles. The van der Waals surface area contributed by atoms with Crippen LogP contribution in [0.5, 0.6) is 0 Å². The van der Waals surface area contributed by atoms with Gasteiger partial charge in [-0.05, 0) is 44.7 Å². The first-order valence-electron chi connectivity index (χ1n) is 5.99. The van der Waals surface area contributed by atoms with Crippen LogP contribution in [-0.2, 0) is 4.79 Å². The third-order valence-electron chi connectivity index (χ3n) is 3.57. The van der Waals surface area contributed by atoms with Crippen LogP contribution in [0.15, 0.2) is 12.7 Å². The molecular weight excluding hydrogens is 188 g/mol. The lowest BCUT2D eigenvalue weighted by Crippen LogP contribution is -2.52. The summed E-state index contributed by atoms with van der Waals surface area (Å²) in [6.45, 7) is 5.60. The summed E-state index contributed by atoms with van der Waals surface area (Å²) in [4.78, 5) is 13.7. The molecule has 2 rings (SSSR count). The van der Waals surface area contributed by atoms with Gasteiger partial charge in [-0.2, -0.15) is 0 Å². The predicted molar refractivity (Wildman–Crippen MR) is 60.6 cm³/mol. The van der Waals surface area contributed by atoms with Crippen molar-refractivity contribution in [3.05, 3.63) is 12.7 Å². The molecule has 0 saturated carbocycles. The zero-order valence-electron chi connectivity index (χ0n) is 9.24. The van der Waals surface area contributed by atoms with Crippen LogP contribution in [0.4, 0.5) is 0 Å². The van der Waals surface area contributed by atoms with E-state index in [-0.39, 0.29) is 5.91 Å². The Labute approximate surface area is 91.5 Å². The number of nitrogens with one attached hydrogen (secondary N) is 1. The van der Waals surface area contributed by atoms with E-state index in [9.17, 15) is 4.79 Å². The summed E-state index contributed by atoms with van der Waals surface area (Å²) < 4.78 is 0. The summed E-state index contributed by atoms with van der Waals surface area (Å²) in [5.41, 5.74) is 0. The minimum atomic E-state index is 0.105. The highest BCUT2D eigenvalue weighted by atomic mass is 16.2. The zero-order valence-corrected chi connectivity index (χ0v) is 9.24. The van der Waals surface area contributed by atoms with Gasteiger partial charge in [-0.15, -0.1) is 0 Å². The number of hydrogen-bond acceptors (Lipinski definition) is 2. The van der Waals surface area contributed by atoms with Crippen LogP contribution in [0.2, 0.25) is 0 Å². The number of carbonyl (C=O) groups excluding carboxylic acids is 1. The number of hydrogen-bond donors (Lipinski definition) is 1. The topological polar surface area (TPSA) is 32.3 Å². The lowest BCUT2D eigenvalue weighted by molar-refractivity contribution is -0.130. The van der Waals surface area contributed by atoms with Gasteiger partial charge in [-0.3, -0.25) is 4.79 Å². The van der Waals surface area contributed by atoms with Gasteiger partial charge in [0.2, 0.25) is 5.91 Å². The smallest absolute Gasteiger partial charge is 0.246 e. The Kier molecular flexibility index (Phi) is 3.41. The van der Waals surface area contributed by atoms with Crippen molar-refractivity contribution in [3.8, 4) is 0 Å². The van der Waals surface area contributed by atoms with Crippen molar-refractivity contribution in [2.75, 3.05) is 13.1 Å². The second-order valence-electron chi connectivity index (χ2n) is 4.50. The number of piperidine rings is 1. The first kappa shape index (κ1) is 10.7. The normalized spacial score (nSPS) is 31.6. The van der Waals surface area contributed by atoms with Crippen LogP contribution < -0.4 is 5.32 Å². The van der Waals surface area contributed by atoms with E-state index in [1.165, 1.54) is 25.3 Å². The van der Waals surface area contributed by atoms with Crippen molar-refractivity contribution < 1.29 is 4.79 Å². The van der Waals surface area contributed by atoms with Gasteiger partial charge in [-0.25, -0.2) is 0 Å². The van der Waals surface area contributed by atoms with E-state index in [0.29, 0.717) is 12.1 Å². The molecule has 1 amide bonds. The molecule has 0 radical (unpaired) electrons. The standard InChI is InChI=1S/C12H20N2O/c1-2-12(15)14-9-4-3-7-11(14)10-6-5-8-13-10/h2,10-11,13H,1,3-9H2. The summed E-state index contributed by atoms with van der Waals surface area (Å²) in [5, 5.41) is 3.51. The first-order valence-corrected chi connectivity index (χ1v) is 5.99. The number of nitrogens with zero attached hydrogens (tertiary/aromatic N) is 1. The lowest BCUT2D eigenvalue weighted by atomic mass is 9.94. The summed E-state index contributed by atoms with van der Waals surface area (Å²) in [6.07, 6.45) is 7.46. The van der Waals surface area contributed by atoms with Gasteiger partial charge in [0.15, 0.2) is 0 Å². The lowest BCUT2D eigenvalue weighted by Gasteiger charge is -2.38. The van der Waals surface area contributed by atoms with Crippen molar-refractivity contribution in [3.63, 3.8) is 0 Å². The van der Waals surface area contributed by atoms with Crippen molar-refractivity contribution in [2.24, 2.45) is 0 Å². The Balaban J connectivity index is 2.04. The molecule has 15 heavy (non-hydrogen) atoms. The van der Waals surface area contributed by atoms with E-state index in [0.717, 1.165) is 25.9 Å². The summed E-state index contributed by atoms with van der Waals surface area (Å²) in [5.74, 6) is 0.105. The fourth-order valence-electron chi connectivity index (χ4n) is 2.81. The second kappa shape index (κ2) is 4.79. The molecule has 0 bridgehead atoms. The average Bonchev–Trinajstić information content (AvgIpc) is 2.81. The minimum absolute atomic E-state index is 0.105. The average molecular weight is 208 g/mol. The van der Waals surface area contributed by atoms with Crippen LogP contribution in [0, 0.1) is 0 Å². The maximum atomic E-state index is 11.7. The first-order chi connectivity index (χ1) is 7.33. The van der Waals surface area contributed by atoms with E-state index in [2.05, 4.69) is 11.9 Å². The van der Waals surface area contributed by atoms with Crippen molar-refractivity contribution in [1.29, 1.82) is 0 Å². The molecule has 0 aromatic rings. The van der Waals surface area contributed by atoms with E-state index < -0.39 is 0 Å². The predicted octanol–water partition coefficient (Wildman–Crippen LogP) is 1.31. The van der Waals surface area contributed by atoms with Gasteiger partial charge >= 0.3 is 0 Å². The van der Waals surface area contributed by atoms with E-state index >= 15 is 0 Å². The highest BCUT2D eigenvalue weighted by Crippen LogP contribution is 2.24. The highest BCUT2D eigenvalue weighted by Gasteiger charge is 2.33. The quantitative estimate of drug-likeness (QED) is 0.694. The second-order valence-corrected chi connectivity index (χ2v) is 4.50. The monoisotopic (exact) mass is 208 g/mol. The number of amides is 1. The molecule has 3 nitrogen and oxygen atoms in total. The molecule has 2 unspecified atom stereocenters. The Morgan fingerprint density at radius 3 is 2.87 bits per heavy atom. The number of carbonyl (C=O) groups is 1. The molecule has 3 heteroatoms. The molecule has 0 spiro atoms. The van der Waals surface area contributed by atoms with Crippen LogP contribution in [0.1, 0.15) is 32.1 Å². The van der Waals surface area contributed by atoms with Crippen LogP contribution in [0.25, 0.3) is 0 Å². The summed E-state index contributed by atoms with van der Waals surface area (Å²) >= 11 is 0. The Morgan fingerprint density at radius 2 is 2.20 bits per heavy atom. The molecule has 2 aliphatic rings. The van der Waals surface area contributed by atoms with Crippen molar-refractivity contribution in [1.82, 2.24) is 10.2 Å². The molecule has 0 aromatic carbocycles. The molecule has 1 N–H and O–H groups in total. The Hall–Kier alpha value is -0.830. The molecule has 0 aliphatic carbocycles. The van der Waals surface area contributed by atoms with Crippen molar-refractivity contribution in [2.45, 2.75) is 44.2 Å². The molecule has 2 aliphatic heterocycles. The maximum Gasteiger partial charge on any atom is 0.246 e. The van der Waals surface area contributed by atoms with Gasteiger partial charge in [0.25, 0.3) is 0 Å². The van der Waals surface area contributed by atoms with Gasteiger partial charge in [-0.1, -0.05) is 6.58 Å². The molecule has 2 saturated heterocycles. The van der Waals surface area contributed by atoms with Gasteiger partial charge in [0.1, 0.15) is 0 Å². The fraction of sp³-hybridized carbons (Fsp3) is 0.750. The largest absolute Gasteiger partial charge is 0.335 e. The third-order valence-corrected chi connectivity index (χ3v) is 3.57. The minimum Gasteiger partial charge on any atom is -0.335 e. The molecule has 2 heterocycles. The Morgan fingerprint density at radius 1 is 1.33 bits per heavy atom. The molecule has 84 valence electrons. The van der Waals surface area contributed by atoms with Crippen LogP contribution >= 0.6 is 0 Å². The molecule has 2 atom stereocenters. The van der Waals surface area contributed by atoms with Gasteiger partial charge in [0.05, 0.1) is 0 Å². The van der Waals surface area contributed by atoms with Crippen molar-refractivity contribution >= 4 is 5.91 Å².